The molecule has 1 heterocycles. The number of hydrogen-bond donors (Lipinski definition) is 1. The maximum atomic E-state index is 11.6. The second-order valence-electron chi connectivity index (χ2n) is 5.50. The van der Waals surface area contributed by atoms with Crippen molar-refractivity contribution < 1.29 is 13.2 Å². The molecule has 0 radical (unpaired) electrons. The number of nitrogens with one attached hydrogen (secondary N) is 1. The number of hydrogen-bond acceptors (Lipinski definition) is 3. The Kier molecular flexibility index (Phi) is 3.90. The first kappa shape index (κ1) is 13.8. The van der Waals surface area contributed by atoms with Crippen molar-refractivity contribution in [1.29, 1.82) is 0 Å². The first-order chi connectivity index (χ1) is 7.09. The molecule has 1 aliphatic rings. The van der Waals surface area contributed by atoms with Crippen LogP contribution in [-0.4, -0.2) is 37.2 Å². The summed E-state index contributed by atoms with van der Waals surface area (Å²) in [7, 11) is -3.08. The lowest BCUT2D eigenvalue weighted by atomic mass is 9.92. The molecule has 0 bridgehead atoms. The summed E-state index contributed by atoms with van der Waals surface area (Å²) in [5, 5.41) is 2.19. The average Bonchev–Trinajstić information content (AvgIpc) is 2.19. The van der Waals surface area contributed by atoms with Crippen LogP contribution in [0.3, 0.4) is 0 Å². The Balaban J connectivity index is 2.53. The zero-order chi connectivity index (χ0) is 12.6. The van der Waals surface area contributed by atoms with Gasteiger partial charge in [0.15, 0.2) is 9.84 Å². The van der Waals surface area contributed by atoms with Gasteiger partial charge in [-0.05, 0) is 5.41 Å². The smallest absolute Gasteiger partial charge is 0.220 e. The van der Waals surface area contributed by atoms with Gasteiger partial charge >= 0.3 is 0 Å². The zero-order valence-corrected chi connectivity index (χ0v) is 11.4. The van der Waals surface area contributed by atoms with Gasteiger partial charge in [0.1, 0.15) is 0 Å². The number of sulfone groups is 1. The van der Waals surface area contributed by atoms with E-state index < -0.39 is 21.3 Å². The van der Waals surface area contributed by atoms with E-state index in [0.29, 0.717) is 6.42 Å². The molecule has 1 aliphatic heterocycles. The predicted octanol–water partition coefficient (Wildman–Crippen LogP) is 0.943. The molecule has 0 aromatic carbocycles. The fourth-order valence-corrected chi connectivity index (χ4v) is 4.23. The maximum Gasteiger partial charge on any atom is 0.220 e. The summed E-state index contributed by atoms with van der Waals surface area (Å²) in [4.78, 5) is 11.6. The minimum atomic E-state index is -3.08. The Hall–Kier alpha value is -0.290. The molecule has 0 unspecified atom stereocenters. The van der Waals surface area contributed by atoms with E-state index in [-0.39, 0.29) is 22.8 Å². The number of halogens is 1. The van der Waals surface area contributed by atoms with Gasteiger partial charge in [-0.25, -0.2) is 8.42 Å². The van der Waals surface area contributed by atoms with Gasteiger partial charge in [-0.1, -0.05) is 20.8 Å². The molecule has 1 rings (SSSR count). The molecule has 0 saturated carbocycles. The summed E-state index contributed by atoms with van der Waals surface area (Å²) in [5.41, 5.74) is -0.108. The van der Waals surface area contributed by atoms with Crippen molar-refractivity contribution in [3.8, 4) is 0 Å². The van der Waals surface area contributed by atoms with Crippen LogP contribution >= 0.6 is 11.6 Å². The molecule has 1 saturated heterocycles. The van der Waals surface area contributed by atoms with E-state index in [9.17, 15) is 13.2 Å². The molecular weight excluding hydrogens is 250 g/mol. The first-order valence-electron chi connectivity index (χ1n) is 5.23. The van der Waals surface area contributed by atoms with Crippen molar-refractivity contribution in [1.82, 2.24) is 5.32 Å². The van der Waals surface area contributed by atoms with Gasteiger partial charge in [0.2, 0.25) is 5.91 Å². The van der Waals surface area contributed by atoms with Gasteiger partial charge in [0.05, 0.1) is 22.9 Å². The Morgan fingerprint density at radius 2 is 1.94 bits per heavy atom. The normalized spacial score (nSPS) is 29.0. The molecule has 4 nitrogen and oxygen atoms in total. The van der Waals surface area contributed by atoms with Crippen LogP contribution in [0.4, 0.5) is 0 Å². The zero-order valence-electron chi connectivity index (χ0n) is 9.79. The van der Waals surface area contributed by atoms with Gasteiger partial charge in [-0.15, -0.1) is 11.6 Å². The molecule has 0 spiro atoms. The Morgan fingerprint density at radius 1 is 1.38 bits per heavy atom. The van der Waals surface area contributed by atoms with Crippen molar-refractivity contribution >= 4 is 27.3 Å². The molecule has 1 fully saturated rings. The molecule has 94 valence electrons. The minimum absolute atomic E-state index is 0.0446. The summed E-state index contributed by atoms with van der Waals surface area (Å²) in [6.45, 7) is 5.86. The molecule has 0 aromatic heterocycles. The number of amides is 1. The lowest BCUT2D eigenvalue weighted by molar-refractivity contribution is -0.123. The quantitative estimate of drug-likeness (QED) is 0.758. The van der Waals surface area contributed by atoms with Crippen LogP contribution < -0.4 is 5.32 Å². The lowest BCUT2D eigenvalue weighted by Gasteiger charge is -2.20. The van der Waals surface area contributed by atoms with Crippen molar-refractivity contribution in [3.63, 3.8) is 0 Å². The van der Waals surface area contributed by atoms with Crippen LogP contribution in [0.2, 0.25) is 0 Å². The van der Waals surface area contributed by atoms with E-state index in [0.717, 1.165) is 0 Å². The third-order valence-corrected chi connectivity index (χ3v) is 4.70. The molecule has 2 atom stereocenters. The van der Waals surface area contributed by atoms with E-state index in [1.54, 1.807) is 0 Å². The van der Waals surface area contributed by atoms with Crippen LogP contribution in [0.25, 0.3) is 0 Å². The predicted molar refractivity (Wildman–Crippen MR) is 64.3 cm³/mol. The molecule has 16 heavy (non-hydrogen) atoms. The molecule has 0 aliphatic carbocycles. The molecule has 0 aromatic rings. The average molecular weight is 268 g/mol. The van der Waals surface area contributed by atoms with Gasteiger partial charge < -0.3 is 5.32 Å². The summed E-state index contributed by atoms with van der Waals surface area (Å²) >= 11 is 5.88. The highest BCUT2D eigenvalue weighted by molar-refractivity contribution is 7.91. The highest BCUT2D eigenvalue weighted by atomic mass is 35.5. The van der Waals surface area contributed by atoms with Crippen LogP contribution in [0.15, 0.2) is 0 Å². The summed E-state index contributed by atoms with van der Waals surface area (Å²) in [6, 6.07) is -0.443. The van der Waals surface area contributed by atoms with Gasteiger partial charge in [-0.3, -0.25) is 4.79 Å². The number of carbonyl (C=O) groups is 1. The van der Waals surface area contributed by atoms with E-state index in [1.807, 2.05) is 20.8 Å². The van der Waals surface area contributed by atoms with Gasteiger partial charge in [0.25, 0.3) is 0 Å². The topological polar surface area (TPSA) is 63.2 Å². The van der Waals surface area contributed by atoms with Gasteiger partial charge in [0, 0.05) is 6.42 Å². The Bertz CT molecular complexity index is 372. The van der Waals surface area contributed by atoms with E-state index in [1.165, 1.54) is 0 Å². The minimum Gasteiger partial charge on any atom is -0.351 e. The molecule has 6 heteroatoms. The molecule has 1 amide bonds. The van der Waals surface area contributed by atoms with Gasteiger partial charge in [-0.2, -0.15) is 0 Å². The highest BCUT2D eigenvalue weighted by Crippen LogP contribution is 2.21. The van der Waals surface area contributed by atoms with Crippen LogP contribution in [0.5, 0.6) is 0 Å². The van der Waals surface area contributed by atoms with Crippen LogP contribution in [0, 0.1) is 5.41 Å². The highest BCUT2D eigenvalue weighted by Gasteiger charge is 2.37. The van der Waals surface area contributed by atoms with E-state index in [4.69, 9.17) is 11.6 Å². The monoisotopic (exact) mass is 267 g/mol. The van der Waals surface area contributed by atoms with Crippen LogP contribution in [0.1, 0.15) is 27.2 Å². The number of alkyl halides is 1. The third kappa shape index (κ3) is 4.29. The Morgan fingerprint density at radius 3 is 2.31 bits per heavy atom. The largest absolute Gasteiger partial charge is 0.351 e. The first-order valence-corrected chi connectivity index (χ1v) is 7.49. The van der Waals surface area contributed by atoms with Crippen molar-refractivity contribution in [2.75, 3.05) is 11.5 Å². The van der Waals surface area contributed by atoms with Crippen LogP contribution in [-0.2, 0) is 14.6 Å². The van der Waals surface area contributed by atoms with E-state index in [2.05, 4.69) is 5.32 Å². The fourth-order valence-electron chi connectivity index (χ4n) is 1.68. The third-order valence-electron chi connectivity index (χ3n) is 2.32. The number of carbonyl (C=O) groups excluding carboxylic acids is 1. The molecule has 1 N–H and O–H groups in total. The van der Waals surface area contributed by atoms with Crippen molar-refractivity contribution in [2.45, 2.75) is 38.6 Å². The fraction of sp³-hybridized carbons (Fsp3) is 0.900. The maximum absolute atomic E-state index is 11.6. The summed E-state index contributed by atoms with van der Waals surface area (Å²) < 4.78 is 22.6. The van der Waals surface area contributed by atoms with Crippen molar-refractivity contribution in [2.24, 2.45) is 5.41 Å². The van der Waals surface area contributed by atoms with Crippen molar-refractivity contribution in [3.05, 3.63) is 0 Å². The Labute approximate surface area is 102 Å². The van der Waals surface area contributed by atoms with E-state index >= 15 is 0 Å². The lowest BCUT2D eigenvalue weighted by Crippen LogP contribution is -2.41. The second kappa shape index (κ2) is 4.53. The second-order valence-corrected chi connectivity index (χ2v) is 8.22. The summed E-state index contributed by atoms with van der Waals surface area (Å²) in [5.74, 6) is -0.230. The molecular formula is C10H18ClNO3S. The SMILES string of the molecule is CC(C)(C)CC(=O)N[C@@H]1CS(=O)(=O)C[C@H]1Cl. The summed E-state index contributed by atoms with van der Waals surface area (Å²) in [6.07, 6.45) is 0.368. The number of rotatable bonds is 2. The standard InChI is InChI=1S/C10H18ClNO3S/c1-10(2,3)4-9(13)12-8-6-16(14,15)5-7(8)11/h7-8H,4-6H2,1-3H3,(H,12,13)/t7-,8-/m1/s1.